The molecule has 114 valence electrons. The van der Waals surface area contributed by atoms with Gasteiger partial charge in [0.05, 0.1) is 11.1 Å². The Balaban J connectivity index is 2.06. The summed E-state index contributed by atoms with van der Waals surface area (Å²) in [6.07, 6.45) is 5.75. The maximum absolute atomic E-state index is 4.84. The highest BCUT2D eigenvalue weighted by Gasteiger charge is 2.22. The lowest BCUT2D eigenvalue weighted by atomic mass is 9.97. The first-order valence-electron chi connectivity index (χ1n) is 8.02. The Labute approximate surface area is 134 Å². The molecule has 0 aromatic carbocycles. The molecule has 0 unspecified atom stereocenters. The summed E-state index contributed by atoms with van der Waals surface area (Å²) in [4.78, 5) is 12.3. The van der Waals surface area contributed by atoms with Crippen molar-refractivity contribution in [2.24, 2.45) is 0 Å². The Morgan fingerprint density at radius 3 is 2.73 bits per heavy atom. The van der Waals surface area contributed by atoms with Crippen molar-refractivity contribution in [3.05, 3.63) is 33.7 Å². The average Bonchev–Trinajstić information content (AvgIpc) is 3.05. The third-order valence-corrected chi connectivity index (χ3v) is 5.55. The van der Waals surface area contributed by atoms with Crippen LogP contribution in [0.2, 0.25) is 0 Å². The fourth-order valence-electron chi connectivity index (χ4n) is 3.34. The van der Waals surface area contributed by atoms with Crippen LogP contribution in [0.1, 0.15) is 47.4 Å². The van der Waals surface area contributed by atoms with E-state index in [1.54, 1.807) is 0 Å². The largest absolute Gasteiger partial charge is 0.222 e. The van der Waals surface area contributed by atoms with E-state index in [0.29, 0.717) is 0 Å². The number of aryl methyl sites for hydroxylation is 5. The molecule has 22 heavy (non-hydrogen) atoms. The van der Waals surface area contributed by atoms with Crippen molar-refractivity contribution in [2.45, 2.75) is 52.9 Å². The van der Waals surface area contributed by atoms with Gasteiger partial charge in [0.15, 0.2) is 5.82 Å². The van der Waals surface area contributed by atoms with Gasteiger partial charge in [-0.25, -0.2) is 14.6 Å². The number of thiophene rings is 1. The van der Waals surface area contributed by atoms with E-state index in [9.17, 15) is 0 Å². The Morgan fingerprint density at radius 1 is 1.18 bits per heavy atom. The van der Waals surface area contributed by atoms with Gasteiger partial charge in [-0.2, -0.15) is 5.10 Å². The van der Waals surface area contributed by atoms with Gasteiger partial charge >= 0.3 is 0 Å². The normalized spacial score (nSPS) is 14.5. The minimum absolute atomic E-state index is 0.852. The van der Waals surface area contributed by atoms with Crippen molar-refractivity contribution in [2.75, 3.05) is 0 Å². The van der Waals surface area contributed by atoms with Crippen molar-refractivity contribution >= 4 is 21.6 Å². The average molecular weight is 312 g/mol. The maximum Gasteiger partial charge on any atom is 0.166 e. The fraction of sp³-hybridized carbons (Fsp3) is 0.471. The van der Waals surface area contributed by atoms with Crippen LogP contribution in [0.5, 0.6) is 0 Å². The highest BCUT2D eigenvalue weighted by molar-refractivity contribution is 7.18. The second-order valence-corrected chi connectivity index (χ2v) is 7.13. The van der Waals surface area contributed by atoms with E-state index in [-0.39, 0.29) is 0 Å². The van der Waals surface area contributed by atoms with Crippen molar-refractivity contribution in [3.63, 3.8) is 0 Å². The molecule has 0 radical (unpaired) electrons. The molecule has 4 rings (SSSR count). The van der Waals surface area contributed by atoms with Crippen LogP contribution in [0, 0.1) is 13.8 Å². The van der Waals surface area contributed by atoms with Gasteiger partial charge in [0.25, 0.3) is 0 Å². The molecule has 0 amide bonds. The highest BCUT2D eigenvalue weighted by Crippen LogP contribution is 2.38. The zero-order valence-electron chi connectivity index (χ0n) is 13.3. The topological polar surface area (TPSA) is 43.6 Å². The molecular formula is C17H20N4S. The Morgan fingerprint density at radius 2 is 2.00 bits per heavy atom. The Kier molecular flexibility index (Phi) is 3.26. The van der Waals surface area contributed by atoms with Crippen LogP contribution in [0.3, 0.4) is 0 Å². The van der Waals surface area contributed by atoms with Crippen LogP contribution in [0.15, 0.2) is 6.07 Å². The minimum atomic E-state index is 0.852. The van der Waals surface area contributed by atoms with E-state index in [1.165, 1.54) is 35.1 Å². The van der Waals surface area contributed by atoms with E-state index < -0.39 is 0 Å². The van der Waals surface area contributed by atoms with Crippen LogP contribution in [-0.2, 0) is 19.3 Å². The molecule has 0 aliphatic heterocycles. The van der Waals surface area contributed by atoms with Crippen LogP contribution >= 0.6 is 11.3 Å². The molecule has 0 N–H and O–H groups in total. The molecule has 4 nitrogen and oxygen atoms in total. The first kappa shape index (κ1) is 13.9. The molecule has 3 aromatic rings. The van der Waals surface area contributed by atoms with Crippen LogP contribution in [0.25, 0.3) is 16.0 Å². The maximum atomic E-state index is 4.84. The zero-order chi connectivity index (χ0) is 15.3. The molecule has 1 aliphatic carbocycles. The molecule has 0 saturated heterocycles. The molecular weight excluding hydrogens is 292 g/mol. The number of fused-ring (bicyclic) bond motifs is 3. The van der Waals surface area contributed by atoms with Gasteiger partial charge in [-0.1, -0.05) is 6.92 Å². The standard InChI is InChI=1S/C17H20N4S/c1-4-14-18-16(21-11(3)9-10(2)20-21)15-12-7-5-6-8-13(12)22-17(15)19-14/h9H,4-8H2,1-3H3. The van der Waals surface area contributed by atoms with Crippen molar-refractivity contribution < 1.29 is 0 Å². The predicted octanol–water partition coefficient (Wildman–Crippen LogP) is 3.94. The van der Waals surface area contributed by atoms with Gasteiger partial charge in [0.1, 0.15) is 10.7 Å². The molecule has 0 spiro atoms. The first-order valence-corrected chi connectivity index (χ1v) is 8.84. The predicted molar refractivity (Wildman–Crippen MR) is 90.0 cm³/mol. The highest BCUT2D eigenvalue weighted by atomic mass is 32.1. The number of nitrogens with zero attached hydrogens (tertiary/aromatic N) is 4. The van der Waals surface area contributed by atoms with Crippen molar-refractivity contribution in [1.82, 2.24) is 19.7 Å². The Bertz CT molecular complexity index is 859. The van der Waals surface area contributed by atoms with Gasteiger partial charge < -0.3 is 0 Å². The third-order valence-electron chi connectivity index (χ3n) is 4.37. The van der Waals surface area contributed by atoms with Gasteiger partial charge in [-0.3, -0.25) is 0 Å². The lowest BCUT2D eigenvalue weighted by Crippen LogP contribution is -2.08. The van der Waals surface area contributed by atoms with E-state index in [2.05, 4.69) is 25.0 Å². The monoisotopic (exact) mass is 312 g/mol. The summed E-state index contributed by atoms with van der Waals surface area (Å²) < 4.78 is 2.00. The van der Waals surface area contributed by atoms with E-state index >= 15 is 0 Å². The van der Waals surface area contributed by atoms with Crippen molar-refractivity contribution in [1.29, 1.82) is 0 Å². The summed E-state index contributed by atoms with van der Waals surface area (Å²) in [5.74, 6) is 1.89. The van der Waals surface area contributed by atoms with Crippen LogP contribution < -0.4 is 0 Å². The first-order chi connectivity index (χ1) is 10.7. The second kappa shape index (κ2) is 5.16. The molecule has 0 atom stereocenters. The molecule has 1 aliphatic rings. The molecule has 3 aromatic heterocycles. The summed E-state index contributed by atoms with van der Waals surface area (Å²) in [6.45, 7) is 6.24. The number of aromatic nitrogens is 4. The van der Waals surface area contributed by atoms with Gasteiger partial charge in [0.2, 0.25) is 0 Å². The van der Waals surface area contributed by atoms with Gasteiger partial charge in [0, 0.05) is 17.0 Å². The summed E-state index contributed by atoms with van der Waals surface area (Å²) in [5, 5.41) is 5.90. The summed E-state index contributed by atoms with van der Waals surface area (Å²) in [6, 6.07) is 2.11. The lowest BCUT2D eigenvalue weighted by molar-refractivity contribution is 0.699. The summed E-state index contributed by atoms with van der Waals surface area (Å²) in [7, 11) is 0. The lowest BCUT2D eigenvalue weighted by Gasteiger charge is -2.12. The van der Waals surface area contributed by atoms with Crippen LogP contribution in [0.4, 0.5) is 0 Å². The number of hydrogen-bond acceptors (Lipinski definition) is 4. The van der Waals surface area contributed by atoms with Crippen LogP contribution in [-0.4, -0.2) is 19.7 Å². The molecule has 3 heterocycles. The smallest absolute Gasteiger partial charge is 0.166 e. The van der Waals surface area contributed by atoms with E-state index in [1.807, 2.05) is 22.9 Å². The van der Waals surface area contributed by atoms with E-state index in [0.717, 1.165) is 40.7 Å². The minimum Gasteiger partial charge on any atom is -0.222 e. The fourth-order valence-corrected chi connectivity index (χ4v) is 4.61. The molecule has 0 bridgehead atoms. The Hall–Kier alpha value is -1.75. The molecule has 0 saturated carbocycles. The number of hydrogen-bond donors (Lipinski definition) is 0. The third kappa shape index (κ3) is 2.07. The summed E-state index contributed by atoms with van der Waals surface area (Å²) in [5.41, 5.74) is 3.64. The molecule has 0 fully saturated rings. The number of rotatable bonds is 2. The van der Waals surface area contributed by atoms with Gasteiger partial charge in [-0.15, -0.1) is 11.3 Å². The summed E-state index contributed by atoms with van der Waals surface area (Å²) >= 11 is 1.86. The SMILES string of the molecule is CCc1nc(-n2nc(C)cc2C)c2c3c(sc2n1)CCCC3. The van der Waals surface area contributed by atoms with E-state index in [4.69, 9.17) is 9.97 Å². The zero-order valence-corrected chi connectivity index (χ0v) is 14.1. The van der Waals surface area contributed by atoms with Gasteiger partial charge in [-0.05, 0) is 51.2 Å². The molecule has 5 heteroatoms. The quantitative estimate of drug-likeness (QED) is 0.720. The van der Waals surface area contributed by atoms with Crippen molar-refractivity contribution in [3.8, 4) is 5.82 Å². The second-order valence-electron chi connectivity index (χ2n) is 6.05.